The molecule has 0 aliphatic rings. The number of hydrogen-bond acceptors (Lipinski definition) is 4. The summed E-state index contributed by atoms with van der Waals surface area (Å²) in [7, 11) is 1.60. The molecule has 1 unspecified atom stereocenters. The minimum absolute atomic E-state index is 0.0851. The highest BCUT2D eigenvalue weighted by molar-refractivity contribution is 7.09. The smallest absolute Gasteiger partial charge is 0.124 e. The number of nitrogens with one attached hydrogen (secondary N) is 1. The van der Waals surface area contributed by atoms with Gasteiger partial charge in [-0.2, -0.15) is 0 Å². The average molecular weight is 280 g/mol. The van der Waals surface area contributed by atoms with E-state index in [-0.39, 0.29) is 11.9 Å². The largest absolute Gasteiger partial charge is 0.496 e. The molecule has 0 fully saturated rings. The van der Waals surface area contributed by atoms with Crippen LogP contribution in [0.15, 0.2) is 29.9 Å². The summed E-state index contributed by atoms with van der Waals surface area (Å²) >= 11 is 1.55. The highest BCUT2D eigenvalue weighted by atomic mass is 32.1. The summed E-state index contributed by atoms with van der Waals surface area (Å²) in [5.41, 5.74) is 2.59. The maximum absolute atomic E-state index is 13.5. The Labute approximate surface area is 116 Å². The molecule has 102 valence electrons. The molecule has 1 N–H and O–H groups in total. The van der Waals surface area contributed by atoms with Crippen LogP contribution in [-0.2, 0) is 0 Å². The molecular weight excluding hydrogens is 263 g/mol. The first-order valence-corrected chi connectivity index (χ1v) is 7.09. The average Bonchev–Trinajstić information content (AvgIpc) is 2.93. The van der Waals surface area contributed by atoms with Crippen molar-refractivity contribution in [2.45, 2.75) is 19.4 Å². The molecule has 0 saturated carbocycles. The number of benzene rings is 1. The number of hydrogen-bond donors (Lipinski definition) is 1. The third-order valence-corrected chi connectivity index (χ3v) is 3.68. The predicted octanol–water partition coefficient (Wildman–Crippen LogP) is 3.38. The normalized spacial score (nSPS) is 12.4. The Morgan fingerprint density at radius 3 is 2.95 bits per heavy atom. The van der Waals surface area contributed by atoms with Gasteiger partial charge in [0.25, 0.3) is 0 Å². The predicted molar refractivity (Wildman–Crippen MR) is 75.2 cm³/mol. The lowest BCUT2D eigenvalue weighted by molar-refractivity contribution is 0.402. The Bertz CT molecular complexity index is 516. The fourth-order valence-electron chi connectivity index (χ4n) is 1.95. The van der Waals surface area contributed by atoms with E-state index < -0.39 is 0 Å². The van der Waals surface area contributed by atoms with E-state index in [1.165, 1.54) is 12.1 Å². The molecule has 0 aliphatic carbocycles. The van der Waals surface area contributed by atoms with Crippen molar-refractivity contribution in [2.75, 3.05) is 13.7 Å². The van der Waals surface area contributed by atoms with Crippen LogP contribution >= 0.6 is 11.3 Å². The van der Waals surface area contributed by atoms with Crippen LogP contribution in [0.4, 0.5) is 4.39 Å². The minimum Gasteiger partial charge on any atom is -0.496 e. The third-order valence-electron chi connectivity index (χ3n) is 2.84. The van der Waals surface area contributed by atoms with Gasteiger partial charge >= 0.3 is 0 Å². The molecule has 1 heterocycles. The van der Waals surface area contributed by atoms with Gasteiger partial charge in [-0.1, -0.05) is 6.92 Å². The first-order valence-electron chi connectivity index (χ1n) is 6.21. The Balaban J connectivity index is 2.39. The molecule has 1 aromatic carbocycles. The van der Waals surface area contributed by atoms with Crippen LogP contribution in [0.3, 0.4) is 0 Å². The van der Waals surface area contributed by atoms with Crippen molar-refractivity contribution in [1.29, 1.82) is 0 Å². The first kappa shape index (κ1) is 14.0. The van der Waals surface area contributed by atoms with E-state index in [0.717, 1.165) is 23.4 Å². The van der Waals surface area contributed by atoms with Crippen LogP contribution < -0.4 is 10.1 Å². The van der Waals surface area contributed by atoms with Crippen molar-refractivity contribution >= 4 is 11.3 Å². The molecule has 0 saturated heterocycles. The lowest BCUT2D eigenvalue weighted by atomic mass is 10.0. The zero-order chi connectivity index (χ0) is 13.7. The van der Waals surface area contributed by atoms with E-state index >= 15 is 0 Å². The first-order chi connectivity index (χ1) is 9.26. The molecule has 1 aromatic heterocycles. The maximum Gasteiger partial charge on any atom is 0.124 e. The summed E-state index contributed by atoms with van der Waals surface area (Å²) in [6, 6.07) is 4.50. The number of ether oxygens (including phenoxy) is 1. The summed E-state index contributed by atoms with van der Waals surface area (Å²) in [5.74, 6) is 0.423. The van der Waals surface area contributed by atoms with Gasteiger partial charge in [0.2, 0.25) is 0 Å². The number of nitrogens with zero attached hydrogens (tertiary/aromatic N) is 1. The number of thiazole rings is 1. The second-order valence-electron chi connectivity index (χ2n) is 4.18. The Morgan fingerprint density at radius 2 is 2.32 bits per heavy atom. The zero-order valence-electron chi connectivity index (χ0n) is 11.0. The van der Waals surface area contributed by atoms with Crippen LogP contribution in [-0.4, -0.2) is 18.6 Å². The zero-order valence-corrected chi connectivity index (χ0v) is 11.8. The van der Waals surface area contributed by atoms with Gasteiger partial charge in [0.15, 0.2) is 0 Å². The number of rotatable bonds is 6. The monoisotopic (exact) mass is 280 g/mol. The van der Waals surface area contributed by atoms with Crippen molar-refractivity contribution < 1.29 is 9.13 Å². The van der Waals surface area contributed by atoms with Gasteiger partial charge in [-0.15, -0.1) is 11.3 Å². The SMILES string of the molecule is CCCNC(c1cncs1)c1cc(F)ccc1OC. The van der Waals surface area contributed by atoms with E-state index in [1.807, 2.05) is 6.20 Å². The number of halogens is 1. The van der Waals surface area contributed by atoms with Crippen LogP contribution in [0.1, 0.15) is 29.8 Å². The van der Waals surface area contributed by atoms with Gasteiger partial charge in [0.05, 0.1) is 18.7 Å². The van der Waals surface area contributed by atoms with Crippen LogP contribution in [0, 0.1) is 5.82 Å². The fourth-order valence-corrected chi connectivity index (χ4v) is 2.66. The van der Waals surface area contributed by atoms with E-state index in [2.05, 4.69) is 17.2 Å². The maximum atomic E-state index is 13.5. The Hall–Kier alpha value is -1.46. The molecule has 2 aromatic rings. The highest BCUT2D eigenvalue weighted by Crippen LogP contribution is 2.32. The Morgan fingerprint density at radius 1 is 1.47 bits per heavy atom. The number of methoxy groups -OCH3 is 1. The second-order valence-corrected chi connectivity index (χ2v) is 5.10. The van der Waals surface area contributed by atoms with Crippen molar-refractivity contribution in [2.24, 2.45) is 0 Å². The minimum atomic E-state index is -0.261. The van der Waals surface area contributed by atoms with E-state index in [0.29, 0.717) is 5.75 Å². The van der Waals surface area contributed by atoms with Gasteiger partial charge in [0.1, 0.15) is 11.6 Å². The van der Waals surface area contributed by atoms with Gasteiger partial charge in [-0.25, -0.2) is 4.39 Å². The summed E-state index contributed by atoms with van der Waals surface area (Å²) in [4.78, 5) is 5.15. The molecule has 0 aliphatic heterocycles. The van der Waals surface area contributed by atoms with Crippen molar-refractivity contribution in [1.82, 2.24) is 10.3 Å². The van der Waals surface area contributed by atoms with Crippen molar-refractivity contribution in [3.05, 3.63) is 46.2 Å². The van der Waals surface area contributed by atoms with Crippen molar-refractivity contribution in [3.8, 4) is 5.75 Å². The summed E-state index contributed by atoms with van der Waals surface area (Å²) < 4.78 is 18.8. The highest BCUT2D eigenvalue weighted by Gasteiger charge is 2.19. The van der Waals surface area contributed by atoms with Gasteiger partial charge in [-0.05, 0) is 31.2 Å². The molecule has 0 spiro atoms. The molecule has 5 heteroatoms. The lowest BCUT2D eigenvalue weighted by Crippen LogP contribution is -2.23. The summed E-state index contributed by atoms with van der Waals surface area (Å²) in [5, 5.41) is 3.41. The molecular formula is C14H17FN2OS. The molecule has 0 amide bonds. The molecule has 19 heavy (non-hydrogen) atoms. The van der Waals surface area contributed by atoms with E-state index in [9.17, 15) is 4.39 Å². The summed E-state index contributed by atoms with van der Waals surface area (Å²) in [6.45, 7) is 2.95. The van der Waals surface area contributed by atoms with Gasteiger partial charge < -0.3 is 10.1 Å². The Kier molecular flexibility index (Phi) is 4.87. The third kappa shape index (κ3) is 3.30. The molecule has 3 nitrogen and oxygen atoms in total. The lowest BCUT2D eigenvalue weighted by Gasteiger charge is -2.20. The molecule has 2 rings (SSSR count). The van der Waals surface area contributed by atoms with Gasteiger partial charge in [0, 0.05) is 16.6 Å². The second kappa shape index (κ2) is 6.63. The van der Waals surface area contributed by atoms with Crippen LogP contribution in [0.2, 0.25) is 0 Å². The molecule has 0 bridgehead atoms. The molecule has 1 atom stereocenters. The van der Waals surface area contributed by atoms with E-state index in [4.69, 9.17) is 4.74 Å². The quantitative estimate of drug-likeness (QED) is 0.881. The van der Waals surface area contributed by atoms with Crippen LogP contribution in [0.5, 0.6) is 5.75 Å². The van der Waals surface area contributed by atoms with Crippen molar-refractivity contribution in [3.63, 3.8) is 0 Å². The van der Waals surface area contributed by atoms with Crippen LogP contribution in [0.25, 0.3) is 0 Å². The topological polar surface area (TPSA) is 34.2 Å². The van der Waals surface area contributed by atoms with E-state index in [1.54, 1.807) is 30.0 Å². The fraction of sp³-hybridized carbons (Fsp3) is 0.357. The molecule has 0 radical (unpaired) electrons. The standard InChI is InChI=1S/C14H17FN2OS/c1-3-6-17-14(13-8-16-9-19-13)11-7-10(15)4-5-12(11)18-2/h4-5,7-9,14,17H,3,6H2,1-2H3. The number of aromatic nitrogens is 1. The summed E-state index contributed by atoms with van der Waals surface area (Å²) in [6.07, 6.45) is 2.81. The van der Waals surface area contributed by atoms with Gasteiger partial charge in [-0.3, -0.25) is 4.98 Å².